The second-order valence-electron chi connectivity index (χ2n) is 6.72. The molecule has 1 aliphatic rings. The van der Waals surface area contributed by atoms with Crippen molar-refractivity contribution in [1.82, 2.24) is 9.78 Å². The number of carboxylic acids is 1. The predicted octanol–water partition coefficient (Wildman–Crippen LogP) is 2.61. The van der Waals surface area contributed by atoms with Gasteiger partial charge in [-0.25, -0.2) is 4.68 Å². The Morgan fingerprint density at radius 2 is 1.95 bits per heavy atom. The molecule has 112 valence electrons. The monoisotopic (exact) mass is 280 g/mol. The molecule has 2 rings (SSSR count). The van der Waals surface area contributed by atoms with E-state index in [9.17, 15) is 9.59 Å². The van der Waals surface area contributed by atoms with E-state index >= 15 is 0 Å². The summed E-state index contributed by atoms with van der Waals surface area (Å²) >= 11 is 0. The van der Waals surface area contributed by atoms with Crippen molar-refractivity contribution in [3.05, 3.63) is 21.6 Å². The van der Waals surface area contributed by atoms with E-state index in [2.05, 4.69) is 5.10 Å². The lowest BCUT2D eigenvalue weighted by Gasteiger charge is -2.18. The minimum Gasteiger partial charge on any atom is -0.481 e. The van der Waals surface area contributed by atoms with Gasteiger partial charge in [0.05, 0.1) is 6.04 Å². The van der Waals surface area contributed by atoms with E-state index in [0.717, 1.165) is 31.4 Å². The minimum absolute atomic E-state index is 0.000833. The van der Waals surface area contributed by atoms with Gasteiger partial charge >= 0.3 is 5.97 Å². The Balaban J connectivity index is 2.41. The largest absolute Gasteiger partial charge is 0.481 e. The highest BCUT2D eigenvalue weighted by Crippen LogP contribution is 2.30. The van der Waals surface area contributed by atoms with Crippen molar-refractivity contribution in [2.75, 3.05) is 0 Å². The van der Waals surface area contributed by atoms with Crippen LogP contribution in [0.2, 0.25) is 0 Å². The average Bonchev–Trinajstić information content (AvgIpc) is 2.92. The average molecular weight is 280 g/mol. The maximum atomic E-state index is 12.6. The lowest BCUT2D eigenvalue weighted by Crippen LogP contribution is -2.23. The fourth-order valence-electron chi connectivity index (χ4n) is 2.99. The smallest absolute Gasteiger partial charge is 0.303 e. The summed E-state index contributed by atoms with van der Waals surface area (Å²) in [6.07, 6.45) is 4.68. The molecule has 5 heteroatoms. The van der Waals surface area contributed by atoms with Crippen LogP contribution >= 0.6 is 0 Å². The Morgan fingerprint density at radius 3 is 2.45 bits per heavy atom. The topological polar surface area (TPSA) is 75.1 Å². The maximum Gasteiger partial charge on any atom is 0.303 e. The number of aromatic amines is 1. The first kappa shape index (κ1) is 14.9. The molecule has 1 heterocycles. The SMILES string of the molecule is CC(C)(C)c1[nH]n(C2CCCC2)c(=O)c1CCC(=O)O. The Kier molecular flexibility index (Phi) is 4.06. The van der Waals surface area contributed by atoms with E-state index < -0.39 is 5.97 Å². The summed E-state index contributed by atoms with van der Waals surface area (Å²) < 4.78 is 1.74. The van der Waals surface area contributed by atoms with E-state index in [4.69, 9.17) is 5.11 Å². The van der Waals surface area contributed by atoms with Crippen LogP contribution in [-0.2, 0) is 16.6 Å². The highest BCUT2D eigenvalue weighted by molar-refractivity contribution is 5.67. The molecule has 0 atom stereocenters. The predicted molar refractivity (Wildman–Crippen MR) is 77.2 cm³/mol. The molecular formula is C15H24N2O3. The molecule has 1 saturated carbocycles. The van der Waals surface area contributed by atoms with Crippen LogP contribution in [0.3, 0.4) is 0 Å². The summed E-state index contributed by atoms with van der Waals surface area (Å²) in [5.74, 6) is -0.863. The summed E-state index contributed by atoms with van der Waals surface area (Å²) in [5.41, 5.74) is 1.32. The number of hydrogen-bond donors (Lipinski definition) is 2. The number of aliphatic carboxylic acids is 1. The molecule has 0 amide bonds. The van der Waals surface area contributed by atoms with Gasteiger partial charge in [0.25, 0.3) is 5.56 Å². The van der Waals surface area contributed by atoms with Crippen molar-refractivity contribution >= 4 is 5.97 Å². The molecule has 0 spiro atoms. The molecule has 0 bridgehead atoms. The fraction of sp³-hybridized carbons (Fsp3) is 0.733. The van der Waals surface area contributed by atoms with Crippen LogP contribution in [0.4, 0.5) is 0 Å². The minimum atomic E-state index is -0.863. The summed E-state index contributed by atoms with van der Waals surface area (Å²) in [4.78, 5) is 23.4. The van der Waals surface area contributed by atoms with Crippen molar-refractivity contribution in [2.24, 2.45) is 0 Å². The summed E-state index contributed by atoms with van der Waals surface area (Å²) in [7, 11) is 0. The van der Waals surface area contributed by atoms with Gasteiger partial charge in [-0.3, -0.25) is 14.7 Å². The molecule has 2 N–H and O–H groups in total. The molecule has 1 aliphatic carbocycles. The zero-order valence-electron chi connectivity index (χ0n) is 12.5. The number of carbonyl (C=O) groups is 1. The number of nitrogens with one attached hydrogen (secondary N) is 1. The van der Waals surface area contributed by atoms with Gasteiger partial charge in [-0.2, -0.15) is 0 Å². The molecule has 0 saturated heterocycles. The lowest BCUT2D eigenvalue weighted by molar-refractivity contribution is -0.136. The van der Waals surface area contributed by atoms with Crippen LogP contribution in [0.15, 0.2) is 4.79 Å². The van der Waals surface area contributed by atoms with Gasteiger partial charge in [0, 0.05) is 23.1 Å². The molecule has 0 aliphatic heterocycles. The van der Waals surface area contributed by atoms with Crippen molar-refractivity contribution in [3.8, 4) is 0 Å². The summed E-state index contributed by atoms with van der Waals surface area (Å²) in [5, 5.41) is 12.1. The fourth-order valence-corrected chi connectivity index (χ4v) is 2.99. The van der Waals surface area contributed by atoms with Crippen molar-refractivity contribution < 1.29 is 9.90 Å². The maximum absolute atomic E-state index is 12.6. The second-order valence-corrected chi connectivity index (χ2v) is 6.72. The Morgan fingerprint density at radius 1 is 1.35 bits per heavy atom. The van der Waals surface area contributed by atoms with Crippen LogP contribution in [0.25, 0.3) is 0 Å². The van der Waals surface area contributed by atoms with E-state index in [1.54, 1.807) is 4.68 Å². The summed E-state index contributed by atoms with van der Waals surface area (Å²) in [6, 6.07) is 0.252. The first-order chi connectivity index (χ1) is 9.30. The van der Waals surface area contributed by atoms with Crippen molar-refractivity contribution in [1.29, 1.82) is 0 Å². The van der Waals surface area contributed by atoms with Crippen LogP contribution < -0.4 is 5.56 Å². The molecule has 1 aromatic heterocycles. The van der Waals surface area contributed by atoms with Crippen LogP contribution in [0.1, 0.15) is 70.2 Å². The standard InChI is InChI=1S/C15H24N2O3/c1-15(2,3)13-11(8-9-12(18)19)14(20)17(16-13)10-6-4-5-7-10/h10,16H,4-9H2,1-3H3,(H,18,19). The highest BCUT2D eigenvalue weighted by Gasteiger charge is 2.28. The lowest BCUT2D eigenvalue weighted by atomic mass is 9.88. The molecule has 5 nitrogen and oxygen atoms in total. The van der Waals surface area contributed by atoms with Crippen molar-refractivity contribution in [3.63, 3.8) is 0 Å². The number of rotatable bonds is 4. The first-order valence-electron chi connectivity index (χ1n) is 7.36. The Hall–Kier alpha value is -1.52. The Labute approximate surface area is 119 Å². The van der Waals surface area contributed by atoms with Gasteiger partial charge in [-0.05, 0) is 19.3 Å². The van der Waals surface area contributed by atoms with Crippen LogP contribution in [-0.4, -0.2) is 20.9 Å². The van der Waals surface area contributed by atoms with E-state index in [1.807, 2.05) is 20.8 Å². The molecular weight excluding hydrogens is 256 g/mol. The molecule has 1 aromatic rings. The third-order valence-electron chi connectivity index (χ3n) is 4.04. The molecule has 0 radical (unpaired) electrons. The van der Waals surface area contributed by atoms with E-state index in [-0.39, 0.29) is 23.4 Å². The van der Waals surface area contributed by atoms with Gasteiger partial charge in [0.15, 0.2) is 0 Å². The molecule has 0 unspecified atom stereocenters. The zero-order valence-corrected chi connectivity index (χ0v) is 12.5. The zero-order chi connectivity index (χ0) is 14.9. The normalized spacial score (nSPS) is 16.8. The second kappa shape index (κ2) is 5.46. The van der Waals surface area contributed by atoms with Gasteiger partial charge in [-0.1, -0.05) is 33.6 Å². The van der Waals surface area contributed by atoms with Crippen molar-refractivity contribution in [2.45, 2.75) is 70.8 Å². The Bertz CT molecular complexity index is 542. The van der Waals surface area contributed by atoms with E-state index in [0.29, 0.717) is 12.0 Å². The number of aromatic nitrogens is 2. The quantitative estimate of drug-likeness (QED) is 0.890. The van der Waals surface area contributed by atoms with Gasteiger partial charge in [0.2, 0.25) is 0 Å². The third-order valence-corrected chi connectivity index (χ3v) is 4.04. The molecule has 20 heavy (non-hydrogen) atoms. The number of H-pyrrole nitrogens is 1. The molecule has 0 aromatic carbocycles. The highest BCUT2D eigenvalue weighted by atomic mass is 16.4. The third kappa shape index (κ3) is 2.97. The van der Waals surface area contributed by atoms with Crippen LogP contribution in [0, 0.1) is 0 Å². The molecule has 1 fully saturated rings. The van der Waals surface area contributed by atoms with Gasteiger partial charge in [0.1, 0.15) is 0 Å². The number of hydrogen-bond acceptors (Lipinski definition) is 2. The van der Waals surface area contributed by atoms with E-state index in [1.165, 1.54) is 0 Å². The number of carboxylic acid groups (broad SMARTS) is 1. The number of nitrogens with zero attached hydrogens (tertiary/aromatic N) is 1. The summed E-state index contributed by atoms with van der Waals surface area (Å²) in [6.45, 7) is 6.13. The van der Waals surface area contributed by atoms with Gasteiger partial charge < -0.3 is 5.11 Å². The van der Waals surface area contributed by atoms with Gasteiger partial charge in [-0.15, -0.1) is 0 Å². The first-order valence-corrected chi connectivity index (χ1v) is 7.36. The van der Waals surface area contributed by atoms with Crippen LogP contribution in [0.5, 0.6) is 0 Å².